The molecule has 0 spiro atoms. The summed E-state index contributed by atoms with van der Waals surface area (Å²) in [4.78, 5) is 26.2. The molecule has 3 N–H and O–H groups in total. The summed E-state index contributed by atoms with van der Waals surface area (Å²) in [5.74, 6) is 0.335. The molecule has 1 aliphatic carbocycles. The number of aryl methyl sites for hydroxylation is 1. The van der Waals surface area contributed by atoms with Crippen LogP contribution in [-0.4, -0.2) is 31.1 Å². The van der Waals surface area contributed by atoms with Gasteiger partial charge in [-0.25, -0.2) is 17.9 Å². The van der Waals surface area contributed by atoms with E-state index in [0.717, 1.165) is 12.8 Å². The van der Waals surface area contributed by atoms with Crippen LogP contribution in [0.4, 0.5) is 5.69 Å². The molecule has 0 radical (unpaired) electrons. The van der Waals surface area contributed by atoms with Gasteiger partial charge in [-0.2, -0.15) is 0 Å². The van der Waals surface area contributed by atoms with E-state index in [1.54, 1.807) is 7.05 Å². The Kier molecular flexibility index (Phi) is 4.79. The van der Waals surface area contributed by atoms with Crippen LogP contribution in [0.1, 0.15) is 24.3 Å². The summed E-state index contributed by atoms with van der Waals surface area (Å²) in [6, 6.07) is 12.7. The van der Waals surface area contributed by atoms with Crippen LogP contribution in [0.2, 0.25) is 0 Å². The Morgan fingerprint density at radius 1 is 1.10 bits per heavy atom. The quantitative estimate of drug-likeness (QED) is 0.586. The van der Waals surface area contributed by atoms with E-state index in [0.29, 0.717) is 17.1 Å². The standard InChI is InChI=1S/C20H22N4O4S/c1-21-16-11-17-15(19(25)22-20(26)24(17)2)10-18(16)29(27,28)23-14-8-13(9-14)12-6-4-3-5-7-12/h3-7,10-11,13-14,21,23H,8-9H2,1-2H3,(H,22,25,26). The molecule has 1 saturated carbocycles. The zero-order chi connectivity index (χ0) is 20.8. The first-order valence-electron chi connectivity index (χ1n) is 9.32. The SMILES string of the molecule is CNc1cc2c(cc1S(=O)(=O)NC1CC(c3ccccc3)C1)c(=O)[nH]c(=O)n2C. The number of hydrogen-bond acceptors (Lipinski definition) is 5. The van der Waals surface area contributed by atoms with Gasteiger partial charge in [0.2, 0.25) is 10.0 Å². The van der Waals surface area contributed by atoms with Gasteiger partial charge in [-0.05, 0) is 36.5 Å². The maximum Gasteiger partial charge on any atom is 0.328 e. The molecule has 9 heteroatoms. The maximum absolute atomic E-state index is 13.0. The van der Waals surface area contributed by atoms with E-state index in [2.05, 4.69) is 15.0 Å². The molecule has 2 aromatic carbocycles. The van der Waals surface area contributed by atoms with E-state index >= 15 is 0 Å². The van der Waals surface area contributed by atoms with Crippen LogP contribution in [-0.2, 0) is 17.1 Å². The van der Waals surface area contributed by atoms with Gasteiger partial charge in [-0.1, -0.05) is 30.3 Å². The number of benzene rings is 2. The number of hydrogen-bond donors (Lipinski definition) is 3. The van der Waals surface area contributed by atoms with Crippen molar-refractivity contribution >= 4 is 26.6 Å². The number of fused-ring (bicyclic) bond motifs is 1. The Morgan fingerprint density at radius 2 is 1.79 bits per heavy atom. The molecule has 4 rings (SSSR count). The molecule has 0 amide bonds. The van der Waals surface area contributed by atoms with E-state index in [-0.39, 0.29) is 16.3 Å². The third-order valence-electron chi connectivity index (χ3n) is 5.52. The predicted octanol–water partition coefficient (Wildman–Crippen LogP) is 1.49. The van der Waals surface area contributed by atoms with E-state index in [4.69, 9.17) is 0 Å². The van der Waals surface area contributed by atoms with Gasteiger partial charge in [-0.15, -0.1) is 0 Å². The Labute approximate surface area is 167 Å². The molecular formula is C20H22N4O4S. The van der Waals surface area contributed by atoms with Crippen LogP contribution in [0.5, 0.6) is 0 Å². The lowest BCUT2D eigenvalue weighted by Crippen LogP contribution is -2.43. The van der Waals surface area contributed by atoms with Gasteiger partial charge in [0.1, 0.15) is 4.90 Å². The normalized spacial score (nSPS) is 19.1. The second-order valence-corrected chi connectivity index (χ2v) is 9.01. The smallest absolute Gasteiger partial charge is 0.328 e. The van der Waals surface area contributed by atoms with Gasteiger partial charge in [0.25, 0.3) is 5.56 Å². The molecule has 1 aromatic heterocycles. The average Bonchev–Trinajstić information content (AvgIpc) is 2.68. The maximum atomic E-state index is 13.0. The van der Waals surface area contributed by atoms with Gasteiger partial charge in [-0.3, -0.25) is 14.3 Å². The molecule has 3 aromatic rings. The van der Waals surface area contributed by atoms with Crippen molar-refractivity contribution in [3.05, 3.63) is 68.9 Å². The van der Waals surface area contributed by atoms with Crippen LogP contribution in [0.15, 0.2) is 56.9 Å². The van der Waals surface area contributed by atoms with E-state index in [1.807, 2.05) is 30.3 Å². The zero-order valence-electron chi connectivity index (χ0n) is 16.1. The van der Waals surface area contributed by atoms with Crippen molar-refractivity contribution in [2.75, 3.05) is 12.4 Å². The van der Waals surface area contributed by atoms with Crippen LogP contribution < -0.4 is 21.3 Å². The predicted molar refractivity (Wildman–Crippen MR) is 112 cm³/mol. The molecule has 152 valence electrons. The van der Waals surface area contributed by atoms with Gasteiger partial charge in [0.15, 0.2) is 0 Å². The molecule has 1 aliphatic rings. The molecule has 8 nitrogen and oxygen atoms in total. The minimum absolute atomic E-state index is 0.0141. The molecule has 0 aliphatic heterocycles. The minimum Gasteiger partial charge on any atom is -0.387 e. The van der Waals surface area contributed by atoms with Crippen molar-refractivity contribution in [3.63, 3.8) is 0 Å². The lowest BCUT2D eigenvalue weighted by atomic mass is 9.76. The number of nitrogens with zero attached hydrogens (tertiary/aromatic N) is 1. The topological polar surface area (TPSA) is 113 Å². The monoisotopic (exact) mass is 414 g/mol. The summed E-state index contributed by atoms with van der Waals surface area (Å²) in [6.45, 7) is 0. The molecule has 0 atom stereocenters. The molecule has 1 heterocycles. The van der Waals surface area contributed by atoms with Gasteiger partial charge in [0, 0.05) is 20.1 Å². The van der Waals surface area contributed by atoms with Crippen LogP contribution in [0.3, 0.4) is 0 Å². The average molecular weight is 414 g/mol. The fraction of sp³-hybridized carbons (Fsp3) is 0.300. The third-order valence-corrected chi connectivity index (χ3v) is 7.08. The Bertz CT molecular complexity index is 1290. The summed E-state index contributed by atoms with van der Waals surface area (Å²) in [5.41, 5.74) is 0.714. The fourth-order valence-corrected chi connectivity index (χ4v) is 5.28. The molecular weight excluding hydrogens is 392 g/mol. The van der Waals surface area contributed by atoms with Crippen LogP contribution in [0, 0.1) is 0 Å². The van der Waals surface area contributed by atoms with Gasteiger partial charge >= 0.3 is 5.69 Å². The highest BCUT2D eigenvalue weighted by Gasteiger charge is 2.34. The Hall–Kier alpha value is -2.91. The van der Waals surface area contributed by atoms with E-state index in [1.165, 1.54) is 29.3 Å². The number of aromatic nitrogens is 2. The fourth-order valence-electron chi connectivity index (χ4n) is 3.80. The molecule has 1 fully saturated rings. The van der Waals surface area contributed by atoms with Crippen molar-refractivity contribution in [1.29, 1.82) is 0 Å². The van der Waals surface area contributed by atoms with Gasteiger partial charge < -0.3 is 5.32 Å². The Morgan fingerprint density at radius 3 is 2.45 bits per heavy atom. The molecule has 0 bridgehead atoms. The van der Waals surface area contributed by atoms with E-state index in [9.17, 15) is 18.0 Å². The van der Waals surface area contributed by atoms with Crippen LogP contribution in [0.25, 0.3) is 10.9 Å². The summed E-state index contributed by atoms with van der Waals surface area (Å²) < 4.78 is 30.1. The number of H-pyrrole nitrogens is 1. The number of rotatable bonds is 5. The van der Waals surface area contributed by atoms with Crippen molar-refractivity contribution in [1.82, 2.24) is 14.3 Å². The molecule has 0 saturated heterocycles. The highest BCUT2D eigenvalue weighted by atomic mass is 32.2. The van der Waals surface area contributed by atoms with Crippen molar-refractivity contribution in [2.45, 2.75) is 29.7 Å². The second kappa shape index (κ2) is 7.16. The zero-order valence-corrected chi connectivity index (χ0v) is 16.9. The molecule has 0 unspecified atom stereocenters. The first-order chi connectivity index (χ1) is 13.8. The number of aromatic amines is 1. The minimum atomic E-state index is -3.85. The summed E-state index contributed by atoms with van der Waals surface area (Å²) in [5, 5.41) is 3.00. The van der Waals surface area contributed by atoms with Crippen LogP contribution >= 0.6 is 0 Å². The number of nitrogens with one attached hydrogen (secondary N) is 3. The first-order valence-corrected chi connectivity index (χ1v) is 10.8. The van der Waals surface area contributed by atoms with Gasteiger partial charge in [0.05, 0.1) is 16.6 Å². The summed E-state index contributed by atoms with van der Waals surface area (Å²) in [7, 11) is -0.737. The number of anilines is 1. The van der Waals surface area contributed by atoms with Crippen molar-refractivity contribution in [3.8, 4) is 0 Å². The lowest BCUT2D eigenvalue weighted by molar-refractivity contribution is 0.326. The second-order valence-electron chi connectivity index (χ2n) is 7.33. The highest BCUT2D eigenvalue weighted by Crippen LogP contribution is 2.38. The highest BCUT2D eigenvalue weighted by molar-refractivity contribution is 7.89. The lowest BCUT2D eigenvalue weighted by Gasteiger charge is -2.36. The first kappa shape index (κ1) is 19.4. The van der Waals surface area contributed by atoms with E-state index < -0.39 is 21.3 Å². The Balaban J connectivity index is 1.65. The largest absolute Gasteiger partial charge is 0.387 e. The van der Waals surface area contributed by atoms with Crippen molar-refractivity contribution in [2.24, 2.45) is 7.05 Å². The summed E-state index contributed by atoms with van der Waals surface area (Å²) >= 11 is 0. The summed E-state index contributed by atoms with van der Waals surface area (Å²) in [6.07, 6.45) is 1.45. The third kappa shape index (κ3) is 3.47. The molecule has 29 heavy (non-hydrogen) atoms. The number of sulfonamides is 1. The van der Waals surface area contributed by atoms with Crippen molar-refractivity contribution < 1.29 is 8.42 Å².